The highest BCUT2D eigenvalue weighted by Gasteiger charge is 2.49. The second-order valence-electron chi connectivity index (χ2n) is 5.00. The van der Waals surface area contributed by atoms with Crippen molar-refractivity contribution < 1.29 is 29.5 Å². The summed E-state index contributed by atoms with van der Waals surface area (Å²) in [4.78, 5) is 0. The maximum atomic E-state index is 9.89. The first kappa shape index (κ1) is 13.2. The first-order chi connectivity index (χ1) is 7.94. The van der Waals surface area contributed by atoms with Crippen LogP contribution in [0.2, 0.25) is 0 Å². The van der Waals surface area contributed by atoms with Crippen molar-refractivity contribution in [3.63, 3.8) is 0 Å². The van der Waals surface area contributed by atoms with E-state index in [1.165, 1.54) is 0 Å². The van der Waals surface area contributed by atoms with Crippen LogP contribution >= 0.6 is 0 Å². The summed E-state index contributed by atoms with van der Waals surface area (Å²) < 4.78 is 16.5. The predicted molar refractivity (Wildman–Crippen MR) is 57.3 cm³/mol. The number of hydrogen-bond donors (Lipinski definition) is 3. The smallest absolute Gasteiger partial charge is 0.163 e. The zero-order valence-corrected chi connectivity index (χ0v) is 10.1. The van der Waals surface area contributed by atoms with Gasteiger partial charge >= 0.3 is 0 Å². The van der Waals surface area contributed by atoms with Crippen LogP contribution in [-0.2, 0) is 14.2 Å². The Hall–Kier alpha value is -0.240. The monoisotopic (exact) mass is 248 g/mol. The van der Waals surface area contributed by atoms with Crippen molar-refractivity contribution in [2.45, 2.75) is 56.6 Å². The van der Waals surface area contributed by atoms with E-state index in [2.05, 4.69) is 0 Å². The van der Waals surface area contributed by atoms with Gasteiger partial charge in [0.1, 0.15) is 24.4 Å². The van der Waals surface area contributed by atoms with Gasteiger partial charge in [0.2, 0.25) is 0 Å². The molecule has 2 heterocycles. The molecule has 0 radical (unpaired) electrons. The van der Waals surface area contributed by atoms with E-state index in [0.717, 1.165) is 0 Å². The fourth-order valence-corrected chi connectivity index (χ4v) is 2.33. The van der Waals surface area contributed by atoms with Gasteiger partial charge in [-0.05, 0) is 20.3 Å². The largest absolute Gasteiger partial charge is 0.396 e. The molecule has 6 heteroatoms. The Morgan fingerprint density at radius 3 is 2.47 bits per heavy atom. The molecule has 0 aromatic carbocycles. The van der Waals surface area contributed by atoms with E-state index >= 15 is 0 Å². The zero-order valence-electron chi connectivity index (χ0n) is 10.1. The molecule has 0 aliphatic carbocycles. The summed E-state index contributed by atoms with van der Waals surface area (Å²) in [5.41, 5.74) is 0. The summed E-state index contributed by atoms with van der Waals surface area (Å²) in [5, 5.41) is 28.5. The molecule has 0 aromatic heterocycles. The lowest BCUT2D eigenvalue weighted by Crippen LogP contribution is -2.40. The van der Waals surface area contributed by atoms with Crippen LogP contribution in [0.5, 0.6) is 0 Å². The number of hydrogen-bond acceptors (Lipinski definition) is 6. The Morgan fingerprint density at radius 1 is 1.24 bits per heavy atom. The summed E-state index contributed by atoms with van der Waals surface area (Å²) in [5.74, 6) is -0.687. The normalized spacial score (nSPS) is 45.4. The molecule has 2 saturated heterocycles. The maximum Gasteiger partial charge on any atom is 0.163 e. The van der Waals surface area contributed by atoms with Gasteiger partial charge in [-0.25, -0.2) is 0 Å². The van der Waals surface area contributed by atoms with Crippen LogP contribution in [-0.4, -0.2) is 64.8 Å². The van der Waals surface area contributed by atoms with Crippen LogP contribution in [0.25, 0.3) is 0 Å². The van der Waals surface area contributed by atoms with E-state index in [-0.39, 0.29) is 6.61 Å². The Bertz CT molecular complexity index is 269. The molecule has 0 spiro atoms. The molecule has 3 N–H and O–H groups in total. The van der Waals surface area contributed by atoms with E-state index in [1.54, 1.807) is 13.8 Å². The molecule has 0 unspecified atom stereocenters. The number of rotatable bonds is 3. The van der Waals surface area contributed by atoms with E-state index < -0.39 is 36.3 Å². The molecule has 2 aliphatic rings. The summed E-state index contributed by atoms with van der Waals surface area (Å²) in [6, 6.07) is 0. The molecular weight excluding hydrogens is 228 g/mol. The van der Waals surface area contributed by atoms with Crippen LogP contribution in [0.1, 0.15) is 20.3 Å². The van der Waals surface area contributed by atoms with Gasteiger partial charge in [-0.2, -0.15) is 0 Å². The standard InChI is InChI=1S/C11H20O6/c1-11(2)15-5-7(17-11)10-9(14)8(13)6(16-10)3-4-12/h6-10,12-14H,3-5H2,1-2H3/t6-,7-,8+,9-,10-/m1/s1. The van der Waals surface area contributed by atoms with E-state index in [0.29, 0.717) is 13.0 Å². The Kier molecular flexibility index (Phi) is 3.72. The van der Waals surface area contributed by atoms with Gasteiger partial charge in [-0.3, -0.25) is 0 Å². The highest BCUT2D eigenvalue weighted by Crippen LogP contribution is 2.32. The lowest BCUT2D eigenvalue weighted by atomic mass is 10.0. The fourth-order valence-electron chi connectivity index (χ4n) is 2.33. The van der Waals surface area contributed by atoms with Gasteiger partial charge in [-0.15, -0.1) is 0 Å². The van der Waals surface area contributed by atoms with Gasteiger partial charge in [0.05, 0.1) is 12.7 Å². The minimum Gasteiger partial charge on any atom is -0.396 e. The first-order valence-corrected chi connectivity index (χ1v) is 5.89. The maximum absolute atomic E-state index is 9.89. The van der Waals surface area contributed by atoms with Crippen molar-refractivity contribution in [2.75, 3.05) is 13.2 Å². The van der Waals surface area contributed by atoms with Crippen molar-refractivity contribution in [1.29, 1.82) is 0 Å². The molecule has 2 rings (SSSR count). The minimum atomic E-state index is -1.01. The molecule has 5 atom stereocenters. The molecular formula is C11H20O6. The molecule has 0 bridgehead atoms. The van der Waals surface area contributed by atoms with Gasteiger partial charge in [0, 0.05) is 6.61 Å². The molecule has 17 heavy (non-hydrogen) atoms. The lowest BCUT2D eigenvalue weighted by molar-refractivity contribution is -0.161. The molecule has 0 amide bonds. The Labute approximate surface area is 100 Å². The third-order valence-corrected chi connectivity index (χ3v) is 3.21. The highest BCUT2D eigenvalue weighted by molar-refractivity contribution is 4.96. The van der Waals surface area contributed by atoms with E-state index in [4.69, 9.17) is 19.3 Å². The Balaban J connectivity index is 1.98. The molecule has 0 saturated carbocycles. The zero-order chi connectivity index (χ0) is 12.6. The quantitative estimate of drug-likeness (QED) is 0.594. The molecule has 6 nitrogen and oxygen atoms in total. The first-order valence-electron chi connectivity index (χ1n) is 5.89. The lowest BCUT2D eigenvalue weighted by Gasteiger charge is -2.22. The average Bonchev–Trinajstić information content (AvgIpc) is 2.74. The minimum absolute atomic E-state index is 0.0886. The summed E-state index contributed by atoms with van der Waals surface area (Å²) in [6.07, 6.45) is -3.24. The topological polar surface area (TPSA) is 88.4 Å². The van der Waals surface area contributed by atoms with Crippen molar-refractivity contribution in [3.05, 3.63) is 0 Å². The van der Waals surface area contributed by atoms with Crippen LogP contribution in [0.3, 0.4) is 0 Å². The number of ether oxygens (including phenoxy) is 3. The SMILES string of the molecule is CC1(C)OC[C@H]([C@H]2O[C@H](CCO)[C@H](O)[C@H]2O)O1. The van der Waals surface area contributed by atoms with E-state index in [1.807, 2.05) is 0 Å². The second kappa shape index (κ2) is 4.79. The van der Waals surface area contributed by atoms with Crippen LogP contribution in [0, 0.1) is 0 Å². The third-order valence-electron chi connectivity index (χ3n) is 3.21. The van der Waals surface area contributed by atoms with Crippen molar-refractivity contribution in [3.8, 4) is 0 Å². The summed E-state index contributed by atoms with van der Waals surface area (Å²) in [7, 11) is 0. The number of aliphatic hydroxyl groups excluding tert-OH is 3. The third kappa shape index (κ3) is 2.62. The Morgan fingerprint density at radius 2 is 1.94 bits per heavy atom. The predicted octanol–water partition coefficient (Wildman–Crippen LogP) is -0.991. The summed E-state index contributed by atoms with van der Waals surface area (Å²) in [6.45, 7) is 3.81. The summed E-state index contributed by atoms with van der Waals surface area (Å²) >= 11 is 0. The molecule has 100 valence electrons. The number of aliphatic hydroxyl groups is 3. The van der Waals surface area contributed by atoms with Crippen LogP contribution < -0.4 is 0 Å². The second-order valence-corrected chi connectivity index (χ2v) is 5.00. The van der Waals surface area contributed by atoms with Crippen LogP contribution in [0.4, 0.5) is 0 Å². The van der Waals surface area contributed by atoms with Gasteiger partial charge in [0.25, 0.3) is 0 Å². The average molecular weight is 248 g/mol. The van der Waals surface area contributed by atoms with Gasteiger partial charge in [0.15, 0.2) is 5.79 Å². The van der Waals surface area contributed by atoms with Crippen molar-refractivity contribution >= 4 is 0 Å². The van der Waals surface area contributed by atoms with E-state index in [9.17, 15) is 10.2 Å². The fraction of sp³-hybridized carbons (Fsp3) is 1.00. The van der Waals surface area contributed by atoms with Crippen LogP contribution in [0.15, 0.2) is 0 Å². The van der Waals surface area contributed by atoms with Crippen molar-refractivity contribution in [1.82, 2.24) is 0 Å². The van der Waals surface area contributed by atoms with Gasteiger partial charge < -0.3 is 29.5 Å². The van der Waals surface area contributed by atoms with Gasteiger partial charge in [-0.1, -0.05) is 0 Å². The highest BCUT2D eigenvalue weighted by atomic mass is 16.8. The molecule has 0 aromatic rings. The molecule has 2 fully saturated rings. The molecule has 2 aliphatic heterocycles. The van der Waals surface area contributed by atoms with Crippen molar-refractivity contribution in [2.24, 2.45) is 0 Å².